The summed E-state index contributed by atoms with van der Waals surface area (Å²) in [4.78, 5) is 2.36. The van der Waals surface area contributed by atoms with Crippen molar-refractivity contribution in [1.82, 2.24) is 4.57 Å². The second kappa shape index (κ2) is 13.4. The van der Waals surface area contributed by atoms with E-state index >= 15 is 0 Å². The molecule has 0 saturated heterocycles. The van der Waals surface area contributed by atoms with Crippen LogP contribution in [-0.2, 0) is 0 Å². The molecule has 0 N–H and O–H groups in total. The van der Waals surface area contributed by atoms with Gasteiger partial charge in [-0.15, -0.1) is 0 Å². The highest BCUT2D eigenvalue weighted by Gasteiger charge is 2.18. The van der Waals surface area contributed by atoms with Crippen molar-refractivity contribution in [3.63, 3.8) is 0 Å². The molecule has 0 bridgehead atoms. The van der Waals surface area contributed by atoms with Crippen LogP contribution in [0.4, 0.5) is 17.1 Å². The summed E-state index contributed by atoms with van der Waals surface area (Å²) < 4.78 is 2.42. The molecule has 1 heterocycles. The van der Waals surface area contributed by atoms with E-state index in [0.29, 0.717) is 0 Å². The summed E-state index contributed by atoms with van der Waals surface area (Å²) in [6.45, 7) is 0. The van der Waals surface area contributed by atoms with Gasteiger partial charge < -0.3 is 9.47 Å². The molecule has 0 unspecified atom stereocenters. The molecule has 254 valence electrons. The van der Waals surface area contributed by atoms with Crippen LogP contribution in [0.15, 0.2) is 218 Å². The van der Waals surface area contributed by atoms with E-state index in [2.05, 4.69) is 228 Å². The number of benzene rings is 9. The number of aromatic nitrogens is 1. The largest absolute Gasteiger partial charge is 0.310 e. The van der Waals surface area contributed by atoms with Gasteiger partial charge in [0.05, 0.1) is 16.7 Å². The van der Waals surface area contributed by atoms with Crippen LogP contribution in [0.5, 0.6) is 0 Å². The van der Waals surface area contributed by atoms with Crippen molar-refractivity contribution in [1.29, 1.82) is 0 Å². The first kappa shape index (κ1) is 31.6. The number of hydrogen-bond acceptors (Lipinski definition) is 1. The van der Waals surface area contributed by atoms with Crippen molar-refractivity contribution in [3.05, 3.63) is 218 Å². The first-order valence-corrected chi connectivity index (χ1v) is 18.5. The van der Waals surface area contributed by atoms with E-state index in [-0.39, 0.29) is 0 Å². The molecular formula is C52H36N2. The van der Waals surface area contributed by atoms with Crippen LogP contribution in [0.3, 0.4) is 0 Å². The topological polar surface area (TPSA) is 8.17 Å². The van der Waals surface area contributed by atoms with Gasteiger partial charge >= 0.3 is 0 Å². The van der Waals surface area contributed by atoms with Gasteiger partial charge in [-0.1, -0.05) is 164 Å². The van der Waals surface area contributed by atoms with Gasteiger partial charge in [0.15, 0.2) is 0 Å². The lowest BCUT2D eigenvalue weighted by Gasteiger charge is -2.26. The molecule has 9 aromatic carbocycles. The van der Waals surface area contributed by atoms with Crippen LogP contribution in [0, 0.1) is 0 Å². The number of rotatable bonds is 7. The lowest BCUT2D eigenvalue weighted by atomic mass is 9.93. The molecule has 1 aromatic heterocycles. The average molecular weight is 689 g/mol. The predicted molar refractivity (Wildman–Crippen MR) is 229 cm³/mol. The number of para-hydroxylation sites is 3. The molecule has 0 amide bonds. The van der Waals surface area contributed by atoms with Crippen molar-refractivity contribution in [3.8, 4) is 39.1 Å². The van der Waals surface area contributed by atoms with E-state index < -0.39 is 0 Å². The molecule has 0 spiro atoms. The fourth-order valence-corrected chi connectivity index (χ4v) is 8.03. The van der Waals surface area contributed by atoms with Crippen molar-refractivity contribution in [2.45, 2.75) is 0 Å². The van der Waals surface area contributed by atoms with Gasteiger partial charge in [0.2, 0.25) is 0 Å². The summed E-state index contributed by atoms with van der Waals surface area (Å²) in [5.74, 6) is 0. The SMILES string of the molecule is c1ccc(-c2ccc(N(c3ccc(-c4ccccc4-c4ccccc4-n4c5ccccc5c5ccccc54)cc3)c3ccc4ccccc4c3)cc2)cc1. The summed E-state index contributed by atoms with van der Waals surface area (Å²) in [7, 11) is 0. The zero-order valence-corrected chi connectivity index (χ0v) is 29.7. The Morgan fingerprint density at radius 2 is 0.778 bits per heavy atom. The minimum absolute atomic E-state index is 1.10. The van der Waals surface area contributed by atoms with Gasteiger partial charge in [0, 0.05) is 33.4 Å². The molecule has 0 saturated carbocycles. The van der Waals surface area contributed by atoms with Gasteiger partial charge in [-0.3, -0.25) is 0 Å². The number of fused-ring (bicyclic) bond motifs is 4. The van der Waals surface area contributed by atoms with E-state index in [9.17, 15) is 0 Å². The lowest BCUT2D eigenvalue weighted by molar-refractivity contribution is 1.18. The van der Waals surface area contributed by atoms with E-state index in [1.54, 1.807) is 0 Å². The van der Waals surface area contributed by atoms with Crippen molar-refractivity contribution >= 4 is 49.6 Å². The Morgan fingerprint density at radius 3 is 1.46 bits per heavy atom. The van der Waals surface area contributed by atoms with Crippen LogP contribution in [0.2, 0.25) is 0 Å². The highest BCUT2D eigenvalue weighted by Crippen LogP contribution is 2.42. The summed E-state index contributed by atoms with van der Waals surface area (Å²) in [6.07, 6.45) is 0. The fraction of sp³-hybridized carbons (Fsp3) is 0. The maximum Gasteiger partial charge on any atom is 0.0541 e. The second-order valence-corrected chi connectivity index (χ2v) is 13.8. The van der Waals surface area contributed by atoms with E-state index in [0.717, 1.165) is 17.1 Å². The number of hydrogen-bond donors (Lipinski definition) is 0. The van der Waals surface area contributed by atoms with Crippen LogP contribution in [0.1, 0.15) is 0 Å². The molecule has 54 heavy (non-hydrogen) atoms. The van der Waals surface area contributed by atoms with Gasteiger partial charge in [0.1, 0.15) is 0 Å². The highest BCUT2D eigenvalue weighted by molar-refractivity contribution is 6.10. The van der Waals surface area contributed by atoms with Crippen LogP contribution < -0.4 is 4.90 Å². The van der Waals surface area contributed by atoms with Crippen molar-refractivity contribution in [2.24, 2.45) is 0 Å². The smallest absolute Gasteiger partial charge is 0.0541 e. The monoisotopic (exact) mass is 688 g/mol. The van der Waals surface area contributed by atoms with Gasteiger partial charge in [-0.25, -0.2) is 0 Å². The molecule has 0 atom stereocenters. The molecular weight excluding hydrogens is 653 g/mol. The third-order valence-corrected chi connectivity index (χ3v) is 10.6. The Morgan fingerprint density at radius 1 is 0.296 bits per heavy atom. The molecule has 10 rings (SSSR count). The summed E-state index contributed by atoms with van der Waals surface area (Å²) in [5.41, 5.74) is 14.1. The predicted octanol–water partition coefficient (Wildman–Crippen LogP) is 14.4. The quantitative estimate of drug-likeness (QED) is 0.162. The molecule has 10 aromatic rings. The maximum atomic E-state index is 2.42. The summed E-state index contributed by atoms with van der Waals surface area (Å²) >= 11 is 0. The molecule has 0 aliphatic rings. The Bertz CT molecular complexity index is 2870. The fourth-order valence-electron chi connectivity index (χ4n) is 8.03. The van der Waals surface area contributed by atoms with E-state index in [4.69, 9.17) is 0 Å². The summed E-state index contributed by atoms with van der Waals surface area (Å²) in [6, 6.07) is 78.8. The molecule has 0 fully saturated rings. The standard InChI is InChI=1S/C52H36N2/c1-2-14-37(15-3-1)39-26-31-42(32-27-39)53(44-35-28-38-16-4-5-17-41(38)36-44)43-33-29-40(30-34-43)45-18-6-7-19-46(45)47-20-8-11-23-50(47)54-51-24-12-9-21-48(51)49-22-10-13-25-52(49)54/h1-36H. The van der Waals surface area contributed by atoms with Crippen LogP contribution in [-0.4, -0.2) is 4.57 Å². The van der Waals surface area contributed by atoms with Gasteiger partial charge in [-0.05, 0) is 93.2 Å². The third-order valence-electron chi connectivity index (χ3n) is 10.6. The lowest BCUT2D eigenvalue weighted by Crippen LogP contribution is -2.09. The van der Waals surface area contributed by atoms with Gasteiger partial charge in [0.25, 0.3) is 0 Å². The maximum absolute atomic E-state index is 2.42. The second-order valence-electron chi connectivity index (χ2n) is 13.8. The van der Waals surface area contributed by atoms with E-state index in [1.165, 1.54) is 71.6 Å². The Labute approximate surface area is 315 Å². The minimum Gasteiger partial charge on any atom is -0.310 e. The zero-order chi connectivity index (χ0) is 35.8. The zero-order valence-electron chi connectivity index (χ0n) is 29.7. The highest BCUT2D eigenvalue weighted by atomic mass is 15.1. The minimum atomic E-state index is 1.10. The Balaban J connectivity index is 1.08. The Kier molecular flexibility index (Phi) is 7.85. The molecule has 2 nitrogen and oxygen atoms in total. The Hall–Kier alpha value is -7.16. The van der Waals surface area contributed by atoms with Crippen molar-refractivity contribution < 1.29 is 0 Å². The van der Waals surface area contributed by atoms with Crippen LogP contribution in [0.25, 0.3) is 71.6 Å². The molecule has 2 heteroatoms. The molecule has 0 aliphatic carbocycles. The first-order valence-electron chi connectivity index (χ1n) is 18.5. The third kappa shape index (κ3) is 5.53. The first-order chi connectivity index (χ1) is 26.8. The molecule has 0 radical (unpaired) electrons. The van der Waals surface area contributed by atoms with Crippen molar-refractivity contribution in [2.75, 3.05) is 4.90 Å². The van der Waals surface area contributed by atoms with Crippen LogP contribution >= 0.6 is 0 Å². The normalized spacial score (nSPS) is 11.3. The number of anilines is 3. The van der Waals surface area contributed by atoms with E-state index in [1.807, 2.05) is 0 Å². The number of nitrogens with zero attached hydrogens (tertiary/aromatic N) is 2. The molecule has 0 aliphatic heterocycles. The summed E-state index contributed by atoms with van der Waals surface area (Å²) in [5, 5.41) is 4.97. The van der Waals surface area contributed by atoms with Gasteiger partial charge in [-0.2, -0.15) is 0 Å². The average Bonchev–Trinajstić information content (AvgIpc) is 3.59.